The summed E-state index contributed by atoms with van der Waals surface area (Å²) in [5.41, 5.74) is 2.35. The minimum atomic E-state index is -2.27. The molecule has 3 aromatic rings. The number of fused-ring (bicyclic) bond motifs is 1. The quantitative estimate of drug-likeness (QED) is 0.292. The second kappa shape index (κ2) is 12.0. The van der Waals surface area contributed by atoms with Crippen molar-refractivity contribution < 1.29 is 49.1 Å². The molecule has 0 spiro atoms. The van der Waals surface area contributed by atoms with E-state index in [4.69, 9.17) is 29.6 Å². The molecule has 11 nitrogen and oxygen atoms in total. The molecule has 0 bridgehead atoms. The van der Waals surface area contributed by atoms with Gasteiger partial charge in [-0.2, -0.15) is 0 Å². The van der Waals surface area contributed by atoms with Crippen LogP contribution in [0, 0.1) is 0 Å². The van der Waals surface area contributed by atoms with Gasteiger partial charge in [-0.25, -0.2) is 14.4 Å². The van der Waals surface area contributed by atoms with Gasteiger partial charge in [-0.1, -0.05) is 30.3 Å². The number of aliphatic hydroxyl groups excluding tert-OH is 2. The molecule has 11 heteroatoms. The van der Waals surface area contributed by atoms with Gasteiger partial charge >= 0.3 is 17.9 Å². The Kier molecular flexibility index (Phi) is 9.34. The summed E-state index contributed by atoms with van der Waals surface area (Å²) in [7, 11) is 3.81. The van der Waals surface area contributed by atoms with Crippen molar-refractivity contribution in [2.75, 3.05) is 20.7 Å². The third-order valence-corrected chi connectivity index (χ3v) is 4.73. The van der Waals surface area contributed by atoms with Crippen molar-refractivity contribution >= 4 is 28.9 Å². The molecule has 0 amide bonds. The number of ether oxygens (including phenoxy) is 1. The summed E-state index contributed by atoms with van der Waals surface area (Å²) >= 11 is 0. The van der Waals surface area contributed by atoms with E-state index in [1.807, 2.05) is 49.3 Å². The highest BCUT2D eigenvalue weighted by atomic mass is 16.5. The van der Waals surface area contributed by atoms with Gasteiger partial charge in [0, 0.05) is 23.1 Å². The van der Waals surface area contributed by atoms with E-state index in [1.54, 1.807) is 19.1 Å². The Morgan fingerprint density at radius 3 is 2.03 bits per heavy atom. The molecule has 0 radical (unpaired) electrons. The molecule has 1 heterocycles. The summed E-state index contributed by atoms with van der Waals surface area (Å²) in [5, 5.41) is 43.5. The van der Waals surface area contributed by atoms with Gasteiger partial charge < -0.3 is 39.6 Å². The Balaban J connectivity index is 0.000000367. The second-order valence-corrected chi connectivity index (χ2v) is 7.63. The maximum atomic E-state index is 12.7. The van der Waals surface area contributed by atoms with E-state index < -0.39 is 30.1 Å². The van der Waals surface area contributed by atoms with Crippen LogP contribution in [0.15, 0.2) is 46.9 Å². The Hall–Kier alpha value is -3.93. The number of esters is 1. The van der Waals surface area contributed by atoms with Gasteiger partial charge in [0.15, 0.2) is 12.2 Å². The highest BCUT2D eigenvalue weighted by Gasteiger charge is 2.29. The van der Waals surface area contributed by atoms with Crippen molar-refractivity contribution in [2.24, 2.45) is 0 Å². The number of rotatable bonds is 8. The molecular weight excluding hydrogens is 462 g/mol. The van der Waals surface area contributed by atoms with E-state index in [-0.39, 0.29) is 12.4 Å². The normalized spacial score (nSPS) is 12.5. The van der Waals surface area contributed by atoms with E-state index in [1.165, 1.54) is 0 Å². The number of phenols is 1. The topological polar surface area (TPSA) is 178 Å². The van der Waals surface area contributed by atoms with E-state index in [0.29, 0.717) is 34.4 Å². The van der Waals surface area contributed by atoms with Gasteiger partial charge in [0.25, 0.3) is 0 Å². The number of aromatic hydroxyl groups is 1. The number of carbonyl (C=O) groups is 3. The summed E-state index contributed by atoms with van der Waals surface area (Å²) in [6, 6.07) is 12.7. The zero-order chi connectivity index (χ0) is 26.3. The smallest absolute Gasteiger partial charge is 0.342 e. The van der Waals surface area contributed by atoms with Gasteiger partial charge in [-0.15, -0.1) is 0 Å². The molecule has 1 aromatic heterocycles. The third-order valence-electron chi connectivity index (χ3n) is 4.73. The second-order valence-electron chi connectivity index (χ2n) is 7.63. The lowest BCUT2D eigenvalue weighted by Crippen LogP contribution is -2.39. The fourth-order valence-electron chi connectivity index (χ4n) is 3.19. The van der Waals surface area contributed by atoms with E-state index in [0.717, 1.165) is 5.56 Å². The number of carboxylic acids is 2. The average molecular weight is 489 g/mol. The molecule has 5 N–H and O–H groups in total. The number of nitrogens with zero attached hydrogens (tertiary/aromatic N) is 1. The molecule has 2 aromatic carbocycles. The molecule has 0 aliphatic carbocycles. The van der Waals surface area contributed by atoms with Gasteiger partial charge in [0.1, 0.15) is 22.7 Å². The maximum Gasteiger partial charge on any atom is 0.342 e. The van der Waals surface area contributed by atoms with Gasteiger partial charge in [-0.3, -0.25) is 0 Å². The molecule has 0 saturated carbocycles. The van der Waals surface area contributed by atoms with E-state index in [2.05, 4.69) is 0 Å². The van der Waals surface area contributed by atoms with Crippen molar-refractivity contribution in [3.05, 3.63) is 53.6 Å². The minimum Gasteiger partial charge on any atom is -0.508 e. The van der Waals surface area contributed by atoms with Crippen LogP contribution < -0.4 is 0 Å². The van der Waals surface area contributed by atoms with Crippen molar-refractivity contribution in [2.45, 2.75) is 25.7 Å². The summed E-state index contributed by atoms with van der Waals surface area (Å²) < 4.78 is 11.3. The Morgan fingerprint density at radius 1 is 0.971 bits per heavy atom. The largest absolute Gasteiger partial charge is 0.508 e. The number of benzene rings is 2. The van der Waals surface area contributed by atoms with Crippen molar-refractivity contribution in [3.63, 3.8) is 0 Å². The van der Waals surface area contributed by atoms with Crippen LogP contribution in [0.1, 0.15) is 22.8 Å². The van der Waals surface area contributed by atoms with Crippen LogP contribution >= 0.6 is 0 Å². The molecule has 188 valence electrons. The number of furan rings is 1. The predicted octanol–water partition coefficient (Wildman–Crippen LogP) is 1.92. The summed E-state index contributed by atoms with van der Waals surface area (Å²) in [6.07, 6.45) is -4.53. The van der Waals surface area contributed by atoms with Gasteiger partial charge in [0.2, 0.25) is 0 Å². The van der Waals surface area contributed by atoms with Gasteiger partial charge in [0.05, 0.1) is 6.61 Å². The van der Waals surface area contributed by atoms with Crippen LogP contribution in [0.3, 0.4) is 0 Å². The number of carboxylic acid groups (broad SMARTS) is 2. The zero-order valence-corrected chi connectivity index (χ0v) is 19.3. The molecule has 0 aliphatic rings. The van der Waals surface area contributed by atoms with Crippen molar-refractivity contribution in [1.82, 2.24) is 4.90 Å². The fraction of sp³-hybridized carbons (Fsp3) is 0.292. The van der Waals surface area contributed by atoms with Crippen LogP contribution in [-0.4, -0.2) is 81.3 Å². The van der Waals surface area contributed by atoms with Crippen LogP contribution in [-0.2, 0) is 20.9 Å². The number of hydrogen-bond acceptors (Lipinski definition) is 9. The van der Waals surface area contributed by atoms with Gasteiger partial charge in [-0.05, 0) is 33.2 Å². The molecule has 2 unspecified atom stereocenters. The van der Waals surface area contributed by atoms with E-state index >= 15 is 0 Å². The first-order valence-electron chi connectivity index (χ1n) is 10.5. The van der Waals surface area contributed by atoms with Crippen LogP contribution in [0.25, 0.3) is 22.3 Å². The lowest BCUT2D eigenvalue weighted by atomic mass is 10.0. The number of hydrogen-bond donors (Lipinski definition) is 5. The lowest BCUT2D eigenvalue weighted by molar-refractivity contribution is -0.165. The number of phenolic OH excluding ortho intramolecular Hbond substituents is 1. The zero-order valence-electron chi connectivity index (χ0n) is 19.3. The van der Waals surface area contributed by atoms with Crippen molar-refractivity contribution in [3.8, 4) is 17.1 Å². The molecule has 3 rings (SSSR count). The molecule has 0 fully saturated rings. The molecule has 0 aliphatic heterocycles. The van der Waals surface area contributed by atoms with Crippen LogP contribution in [0.4, 0.5) is 0 Å². The SMILES string of the molecule is CCOC(=O)c1c(-c2ccccc2)oc2ccc(O)c(CN(C)C)c12.O=C(O)C(O)C(O)C(=O)O. The average Bonchev–Trinajstić information content (AvgIpc) is 3.21. The predicted molar refractivity (Wildman–Crippen MR) is 124 cm³/mol. The number of aliphatic hydroxyl groups is 2. The summed E-state index contributed by atoms with van der Waals surface area (Å²) in [4.78, 5) is 34.2. The summed E-state index contributed by atoms with van der Waals surface area (Å²) in [5.74, 6) is -3.40. The standard InChI is InChI=1S/C20H21NO4.C4H6O6/c1-4-24-20(23)18-17-14(12-21(2)3)15(22)10-11-16(17)25-19(18)13-8-6-5-7-9-13;5-1(3(7)8)2(6)4(9)10/h5-11,22H,4,12H2,1-3H3;1-2,5-6H,(H,7,8)(H,9,10). The van der Waals surface area contributed by atoms with E-state index in [9.17, 15) is 19.5 Å². The molecule has 35 heavy (non-hydrogen) atoms. The minimum absolute atomic E-state index is 0.132. The van der Waals surface area contributed by atoms with Crippen molar-refractivity contribution in [1.29, 1.82) is 0 Å². The number of aliphatic carboxylic acids is 2. The monoisotopic (exact) mass is 489 g/mol. The molecule has 0 saturated heterocycles. The Labute approximate surface area is 200 Å². The first-order chi connectivity index (χ1) is 16.5. The fourth-order valence-corrected chi connectivity index (χ4v) is 3.19. The Morgan fingerprint density at radius 2 is 1.54 bits per heavy atom. The van der Waals surface area contributed by atoms with Crippen LogP contribution in [0.2, 0.25) is 0 Å². The number of carbonyl (C=O) groups excluding carboxylic acids is 1. The first-order valence-corrected chi connectivity index (χ1v) is 10.5. The lowest BCUT2D eigenvalue weighted by Gasteiger charge is -2.13. The maximum absolute atomic E-state index is 12.7. The molecule has 2 atom stereocenters. The highest BCUT2D eigenvalue weighted by molar-refractivity contribution is 6.10. The Bertz CT molecular complexity index is 1170. The first kappa shape index (κ1) is 27.3. The third kappa shape index (κ3) is 6.57. The molecular formula is C24H27NO10. The summed E-state index contributed by atoms with van der Waals surface area (Å²) in [6.45, 7) is 2.51. The van der Waals surface area contributed by atoms with Crippen LogP contribution in [0.5, 0.6) is 5.75 Å². The highest BCUT2D eigenvalue weighted by Crippen LogP contribution is 2.39.